The molecule has 0 heteroatoms. The predicted octanol–water partition coefficient (Wildman–Crippen LogP) is 10.4. The summed E-state index contributed by atoms with van der Waals surface area (Å²) >= 11 is 0. The van der Waals surface area contributed by atoms with Crippen molar-refractivity contribution in [2.75, 3.05) is 0 Å². The number of hydrogen-bond acceptors (Lipinski definition) is 0. The highest BCUT2D eigenvalue weighted by Gasteiger charge is 1.87. The summed E-state index contributed by atoms with van der Waals surface area (Å²) in [5.74, 6) is 0. The van der Waals surface area contributed by atoms with Gasteiger partial charge in [0.05, 0.1) is 0 Å². The fraction of sp³-hybridized carbons (Fsp3) is 0.833. The second-order valence-electron chi connectivity index (χ2n) is 4.67. The average Bonchev–Trinajstić information content (AvgIpc) is 2.65. The third-order valence-electron chi connectivity index (χ3n) is 2.13. The van der Waals surface area contributed by atoms with Gasteiger partial charge >= 0.3 is 0 Å². The van der Waals surface area contributed by atoms with E-state index in [9.17, 15) is 0 Å². The van der Waals surface area contributed by atoms with E-state index in [1.54, 1.807) is 0 Å². The lowest BCUT2D eigenvalue weighted by Gasteiger charge is -1.97. The van der Waals surface area contributed by atoms with Gasteiger partial charge in [0.2, 0.25) is 0 Å². The van der Waals surface area contributed by atoms with Gasteiger partial charge in [0.25, 0.3) is 0 Å². The molecule has 0 amide bonds. The number of allylic oxidation sites excluding steroid dienone is 3. The first kappa shape index (κ1) is 38.8. The lowest BCUT2D eigenvalue weighted by Crippen LogP contribution is -1.76. The first-order valence-corrected chi connectivity index (χ1v) is 11.0. The minimum atomic E-state index is 1.08. The zero-order valence-electron chi connectivity index (χ0n) is 20.0. The van der Waals surface area contributed by atoms with Crippen LogP contribution in [-0.2, 0) is 0 Å². The van der Waals surface area contributed by atoms with Crippen molar-refractivity contribution in [2.45, 2.75) is 134 Å². The predicted molar refractivity (Wildman–Crippen MR) is 123 cm³/mol. The molecule has 0 unspecified atom stereocenters. The molecule has 0 nitrogen and oxygen atoms in total. The van der Waals surface area contributed by atoms with Gasteiger partial charge in [-0.2, -0.15) is 0 Å². The Morgan fingerprint density at radius 2 is 1.00 bits per heavy atom. The van der Waals surface area contributed by atoms with Crippen LogP contribution in [0.1, 0.15) is 134 Å². The van der Waals surface area contributed by atoms with Crippen molar-refractivity contribution < 1.29 is 0 Å². The summed E-state index contributed by atoms with van der Waals surface area (Å²) < 4.78 is 0. The Morgan fingerprint density at radius 3 is 1.25 bits per heavy atom. The summed E-state index contributed by atoms with van der Waals surface area (Å²) in [7, 11) is 0. The Morgan fingerprint density at radius 1 is 0.625 bits per heavy atom. The van der Waals surface area contributed by atoms with Crippen LogP contribution in [-0.4, -0.2) is 0 Å². The molecule has 0 N–H and O–H groups in total. The van der Waals surface area contributed by atoms with E-state index in [0.717, 1.165) is 6.42 Å². The highest BCUT2D eigenvalue weighted by atomic mass is 13.9. The molecule has 0 aliphatic carbocycles. The zero-order valence-corrected chi connectivity index (χ0v) is 20.0. The highest BCUT2D eigenvalue weighted by Crippen LogP contribution is 2.07. The molecule has 152 valence electrons. The van der Waals surface area contributed by atoms with Crippen LogP contribution in [0, 0.1) is 0 Å². The molecule has 0 aromatic rings. The molecule has 0 rings (SSSR count). The van der Waals surface area contributed by atoms with Gasteiger partial charge in [0, 0.05) is 0 Å². The molecular formula is C24H56. The van der Waals surface area contributed by atoms with Crippen molar-refractivity contribution in [1.29, 1.82) is 0 Å². The Bertz CT molecular complexity index is 151. The fourth-order valence-electron chi connectivity index (χ4n) is 0.990. The van der Waals surface area contributed by atoms with Crippen LogP contribution in [0.5, 0.6) is 0 Å². The van der Waals surface area contributed by atoms with Crippen LogP contribution in [0.2, 0.25) is 0 Å². The SMILES string of the molecule is C=C(C/C=C\CCC)CCC.CC.CC.CC.CCC.CCCC. The van der Waals surface area contributed by atoms with E-state index in [1.165, 1.54) is 50.5 Å². The maximum atomic E-state index is 3.99. The number of unbranched alkanes of at least 4 members (excludes halogenated alkanes) is 2. The first-order valence-electron chi connectivity index (χ1n) is 11.0. The molecule has 0 spiro atoms. The van der Waals surface area contributed by atoms with Gasteiger partial charge in [-0.25, -0.2) is 0 Å². The van der Waals surface area contributed by atoms with Gasteiger partial charge in [-0.1, -0.05) is 139 Å². The lowest BCUT2D eigenvalue weighted by atomic mass is 10.1. The second kappa shape index (κ2) is 66.6. The Balaban J connectivity index is -0.0000000518. The summed E-state index contributed by atoms with van der Waals surface area (Å²) in [6, 6.07) is 0. The largest absolute Gasteiger partial charge is 0.0995 e. The molecule has 0 atom stereocenters. The van der Waals surface area contributed by atoms with Crippen molar-refractivity contribution >= 4 is 0 Å². The van der Waals surface area contributed by atoms with E-state index in [1.807, 2.05) is 41.5 Å². The Kier molecular flexibility index (Phi) is 108. The molecule has 0 saturated carbocycles. The quantitative estimate of drug-likeness (QED) is 0.403. The van der Waals surface area contributed by atoms with E-state index < -0.39 is 0 Å². The molecule has 0 saturated heterocycles. The minimum absolute atomic E-state index is 1.08. The molecule has 0 heterocycles. The molecule has 0 radical (unpaired) electrons. The van der Waals surface area contributed by atoms with Crippen molar-refractivity contribution in [1.82, 2.24) is 0 Å². The van der Waals surface area contributed by atoms with Crippen molar-refractivity contribution in [3.05, 3.63) is 24.3 Å². The number of hydrogen-bond donors (Lipinski definition) is 0. The molecule has 0 aromatic carbocycles. The molecule has 0 aromatic heterocycles. The van der Waals surface area contributed by atoms with Crippen molar-refractivity contribution in [3.63, 3.8) is 0 Å². The van der Waals surface area contributed by atoms with E-state index in [4.69, 9.17) is 0 Å². The van der Waals surface area contributed by atoms with Crippen LogP contribution < -0.4 is 0 Å². The van der Waals surface area contributed by atoms with Crippen LogP contribution in [0.4, 0.5) is 0 Å². The summed E-state index contributed by atoms with van der Waals surface area (Å²) in [6.45, 7) is 29.0. The summed E-state index contributed by atoms with van der Waals surface area (Å²) in [6.07, 6.45) is 14.3. The maximum absolute atomic E-state index is 3.99. The zero-order chi connectivity index (χ0) is 20.6. The van der Waals surface area contributed by atoms with Crippen LogP contribution in [0.3, 0.4) is 0 Å². The Hall–Kier alpha value is -0.520. The fourth-order valence-corrected chi connectivity index (χ4v) is 0.990. The number of rotatable bonds is 7. The van der Waals surface area contributed by atoms with Gasteiger partial charge < -0.3 is 0 Å². The highest BCUT2D eigenvalue weighted by molar-refractivity contribution is 5.01. The van der Waals surface area contributed by atoms with Gasteiger partial charge in [-0.3, -0.25) is 0 Å². The third-order valence-corrected chi connectivity index (χ3v) is 2.13. The summed E-state index contributed by atoms with van der Waals surface area (Å²) in [5.41, 5.74) is 1.36. The normalized spacial score (nSPS) is 7.67. The van der Waals surface area contributed by atoms with E-state index >= 15 is 0 Å². The molecule has 0 aliphatic rings. The van der Waals surface area contributed by atoms with Crippen LogP contribution >= 0.6 is 0 Å². The Labute approximate surface area is 159 Å². The minimum Gasteiger partial charge on any atom is -0.0995 e. The van der Waals surface area contributed by atoms with Crippen LogP contribution in [0.25, 0.3) is 0 Å². The lowest BCUT2D eigenvalue weighted by molar-refractivity contribution is 0.880. The molecule has 0 fully saturated rings. The van der Waals surface area contributed by atoms with E-state index in [-0.39, 0.29) is 0 Å². The average molecular weight is 345 g/mol. The van der Waals surface area contributed by atoms with E-state index in [2.05, 4.69) is 60.3 Å². The molecular weight excluding hydrogens is 288 g/mol. The van der Waals surface area contributed by atoms with Gasteiger partial charge in [-0.15, -0.1) is 0 Å². The van der Waals surface area contributed by atoms with Crippen molar-refractivity contribution in [3.8, 4) is 0 Å². The molecule has 24 heavy (non-hydrogen) atoms. The summed E-state index contributed by atoms with van der Waals surface area (Å²) in [5, 5.41) is 0. The monoisotopic (exact) mass is 344 g/mol. The molecule has 0 bridgehead atoms. The summed E-state index contributed by atoms with van der Waals surface area (Å²) in [4.78, 5) is 0. The third kappa shape index (κ3) is 100. The van der Waals surface area contributed by atoms with Gasteiger partial charge in [0.15, 0.2) is 0 Å². The van der Waals surface area contributed by atoms with Gasteiger partial charge in [0.1, 0.15) is 0 Å². The smallest absolute Gasteiger partial charge is 0.0142 e. The van der Waals surface area contributed by atoms with E-state index in [0.29, 0.717) is 0 Å². The second-order valence-corrected chi connectivity index (χ2v) is 4.67. The maximum Gasteiger partial charge on any atom is -0.0142 e. The van der Waals surface area contributed by atoms with Crippen molar-refractivity contribution in [2.24, 2.45) is 0 Å². The molecule has 0 aliphatic heterocycles. The van der Waals surface area contributed by atoms with Crippen LogP contribution in [0.15, 0.2) is 24.3 Å². The standard InChI is InChI=1S/C11H20.C4H10.C3H8.3C2H6/c1-4-6-7-8-10-11(3)9-5-2;1-3-4-2;1-3-2;3*1-2/h7-8H,3-6,9-10H2,1-2H3;3-4H2,1-2H3;3H2,1-2H3;3*1-2H3/b8-7-;;;;;. The van der Waals surface area contributed by atoms with Gasteiger partial charge in [-0.05, 0) is 19.3 Å². The first-order chi connectivity index (χ1) is 11.6. The topological polar surface area (TPSA) is 0 Å².